The molecule has 10 N–H and O–H groups in total. The van der Waals surface area contributed by atoms with Crippen molar-refractivity contribution in [2.45, 2.75) is 33.2 Å². The van der Waals surface area contributed by atoms with Crippen LogP contribution in [0, 0.1) is 17.9 Å². The number of carboxylic acids is 6. The number of hydrogen-bond donors (Lipinski definition) is 10. The number of amides is 2. The number of carbonyl (C=O) groups excluding carboxylic acids is 2. The topological polar surface area (TPSA) is 444 Å². The number of carboxylic acid groups (broad SMARTS) is 6. The van der Waals surface area contributed by atoms with E-state index in [4.69, 9.17) is 6.57 Å². The molecule has 0 radical (unpaired) electrons. The average molecular weight is 1010 g/mol. The summed E-state index contributed by atoms with van der Waals surface area (Å²) in [6.07, 6.45) is -0.326. The Bertz CT molecular complexity index is 3610. The largest absolute Gasteiger partial charge is 0.493 e. The summed E-state index contributed by atoms with van der Waals surface area (Å²) in [6, 6.07) is 8.08. The van der Waals surface area contributed by atoms with E-state index >= 15 is 0 Å². The molecule has 2 aromatic heterocycles. The molecule has 2 heterocycles. The third-order valence-corrected chi connectivity index (χ3v) is 10.6. The standard InChI is InChI=1S/C46H34N10O18/c1-5-21-29(17-47)37(59)55(38(60)33(21)53-51-30-13-19(41(63)64)7-9-23(30)43(67)68)12-11-49-35(57)25-15-26(28(46(73)74)16-27(25)45(71)72)36(58)50-18(3)56-39(61)32(48-4)22(6-2)34(40(56)62)54-52-31-14-20(42(65)66)8-10-24(31)44(69)70/h7-10,13-16,60,62H,3,5-6,11-12H2,1-2H3,(H,49,57)(H,50,58)(H,63,64)(H,65,66)(H,67,68)(H,69,70)(H,71,72)(H,73,74). The van der Waals surface area contributed by atoms with Crippen LogP contribution in [0.3, 0.4) is 0 Å². The molecule has 74 heavy (non-hydrogen) atoms. The number of nitriles is 1. The van der Waals surface area contributed by atoms with Gasteiger partial charge in [0.25, 0.3) is 28.6 Å². The minimum absolute atomic E-state index is 0.131. The summed E-state index contributed by atoms with van der Waals surface area (Å²) in [6.45, 7) is 12.7. The zero-order valence-corrected chi connectivity index (χ0v) is 37.9. The lowest BCUT2D eigenvalue weighted by molar-refractivity contribution is 0.0676. The van der Waals surface area contributed by atoms with Gasteiger partial charge in [0.2, 0.25) is 11.8 Å². The van der Waals surface area contributed by atoms with Crippen molar-refractivity contribution in [2.24, 2.45) is 20.5 Å². The quantitative estimate of drug-likeness (QED) is 0.0371. The van der Waals surface area contributed by atoms with Gasteiger partial charge in [-0.15, -0.1) is 20.5 Å². The molecule has 28 nitrogen and oxygen atoms in total. The Morgan fingerprint density at radius 2 is 1.09 bits per heavy atom. The summed E-state index contributed by atoms with van der Waals surface area (Å²) in [5.74, 6) is -15.8. The Labute approximate surface area is 411 Å². The maximum Gasteiger partial charge on any atom is 0.337 e. The van der Waals surface area contributed by atoms with Crippen LogP contribution in [0.2, 0.25) is 0 Å². The molecule has 0 aliphatic carbocycles. The Morgan fingerprint density at radius 1 is 0.635 bits per heavy atom. The second-order valence-corrected chi connectivity index (χ2v) is 14.8. The number of carbonyl (C=O) groups is 8. The fourth-order valence-corrected chi connectivity index (χ4v) is 7.03. The highest BCUT2D eigenvalue weighted by atomic mass is 16.4. The molecule has 3 aromatic carbocycles. The molecule has 2 amide bonds. The summed E-state index contributed by atoms with van der Waals surface area (Å²) in [5, 5.41) is 110. The van der Waals surface area contributed by atoms with Crippen LogP contribution in [0.1, 0.15) is 113 Å². The first kappa shape index (κ1) is 53.8. The van der Waals surface area contributed by atoms with Gasteiger partial charge in [0, 0.05) is 18.7 Å². The molecule has 5 aromatic rings. The van der Waals surface area contributed by atoms with Crippen LogP contribution in [-0.4, -0.2) is 104 Å². The lowest BCUT2D eigenvalue weighted by atomic mass is 9.97. The summed E-state index contributed by atoms with van der Waals surface area (Å²) in [7, 11) is 0. The zero-order valence-electron chi connectivity index (χ0n) is 37.9. The van der Waals surface area contributed by atoms with Gasteiger partial charge in [0.1, 0.15) is 34.5 Å². The van der Waals surface area contributed by atoms with Crippen LogP contribution in [0.4, 0.5) is 28.4 Å². The lowest BCUT2D eigenvalue weighted by Crippen LogP contribution is -2.34. The number of nitrogens with zero attached hydrogens (tertiary/aromatic N) is 8. The van der Waals surface area contributed by atoms with Gasteiger partial charge < -0.3 is 51.5 Å². The molecule has 376 valence electrons. The van der Waals surface area contributed by atoms with Crippen LogP contribution in [0.25, 0.3) is 10.7 Å². The van der Waals surface area contributed by atoms with Crippen molar-refractivity contribution in [1.82, 2.24) is 19.8 Å². The minimum atomic E-state index is -1.92. The lowest BCUT2D eigenvalue weighted by Gasteiger charge is -2.18. The van der Waals surface area contributed by atoms with Gasteiger partial charge in [-0.25, -0.2) is 38.2 Å². The van der Waals surface area contributed by atoms with Gasteiger partial charge in [-0.2, -0.15) is 5.26 Å². The Hall–Kier alpha value is -11.2. The van der Waals surface area contributed by atoms with E-state index in [-0.39, 0.29) is 28.5 Å². The number of rotatable bonds is 19. The zero-order chi connectivity index (χ0) is 55.0. The van der Waals surface area contributed by atoms with Crippen molar-refractivity contribution in [3.63, 3.8) is 0 Å². The fourth-order valence-electron chi connectivity index (χ4n) is 7.03. The van der Waals surface area contributed by atoms with Crippen molar-refractivity contribution in [2.75, 3.05) is 6.54 Å². The smallest absolute Gasteiger partial charge is 0.337 e. The van der Waals surface area contributed by atoms with E-state index < -0.39 is 168 Å². The number of pyridine rings is 2. The Kier molecular flexibility index (Phi) is 16.0. The Morgan fingerprint density at radius 3 is 1.53 bits per heavy atom. The first-order valence-electron chi connectivity index (χ1n) is 20.7. The van der Waals surface area contributed by atoms with E-state index in [9.17, 15) is 94.1 Å². The molecule has 0 aliphatic heterocycles. The molecule has 0 fully saturated rings. The Balaban J connectivity index is 1.52. The first-order chi connectivity index (χ1) is 34.9. The minimum Gasteiger partial charge on any atom is -0.493 e. The fraction of sp³-hybridized carbons (Fsp3) is 0.130. The maximum absolute atomic E-state index is 13.9. The van der Waals surface area contributed by atoms with E-state index in [0.29, 0.717) is 16.7 Å². The monoisotopic (exact) mass is 1010 g/mol. The first-order valence-corrected chi connectivity index (χ1v) is 20.7. The number of hydrogen-bond acceptors (Lipinski definition) is 17. The second kappa shape index (κ2) is 22.1. The maximum atomic E-state index is 13.9. The van der Waals surface area contributed by atoms with Gasteiger partial charge in [-0.3, -0.25) is 23.7 Å². The van der Waals surface area contributed by atoms with Crippen LogP contribution >= 0.6 is 0 Å². The van der Waals surface area contributed by atoms with Crippen LogP contribution in [0.5, 0.6) is 11.8 Å². The number of aromatic nitrogens is 2. The third-order valence-electron chi connectivity index (χ3n) is 10.6. The van der Waals surface area contributed by atoms with Crippen molar-refractivity contribution in [3.05, 3.63) is 148 Å². The van der Waals surface area contributed by atoms with E-state index in [0.717, 1.165) is 36.4 Å². The third kappa shape index (κ3) is 10.7. The van der Waals surface area contributed by atoms with Crippen molar-refractivity contribution in [3.8, 4) is 17.8 Å². The summed E-state index contributed by atoms with van der Waals surface area (Å²) < 4.78 is 0.762. The van der Waals surface area contributed by atoms with Gasteiger partial charge in [-0.1, -0.05) is 20.4 Å². The molecule has 0 unspecified atom stereocenters. The summed E-state index contributed by atoms with van der Waals surface area (Å²) in [5.41, 5.74) is -12.2. The molecule has 28 heteroatoms. The van der Waals surface area contributed by atoms with Gasteiger partial charge in [0.05, 0.1) is 51.1 Å². The van der Waals surface area contributed by atoms with E-state index in [1.165, 1.54) is 13.8 Å². The molecule has 0 aliphatic rings. The summed E-state index contributed by atoms with van der Waals surface area (Å²) in [4.78, 5) is 129. The molecule has 0 saturated carbocycles. The average Bonchev–Trinajstić information content (AvgIpc) is 3.35. The van der Waals surface area contributed by atoms with Crippen LogP contribution in [-0.2, 0) is 19.4 Å². The van der Waals surface area contributed by atoms with E-state index in [1.807, 2.05) is 5.32 Å². The number of aromatic hydroxyl groups is 2. The number of benzene rings is 3. The summed E-state index contributed by atoms with van der Waals surface area (Å²) >= 11 is 0. The molecule has 0 atom stereocenters. The van der Waals surface area contributed by atoms with E-state index in [2.05, 4.69) is 37.2 Å². The number of azo groups is 2. The van der Waals surface area contributed by atoms with E-state index in [1.54, 1.807) is 6.07 Å². The molecule has 0 bridgehead atoms. The van der Waals surface area contributed by atoms with Crippen LogP contribution in [0.15, 0.2) is 85.2 Å². The normalized spacial score (nSPS) is 10.9. The van der Waals surface area contributed by atoms with Crippen molar-refractivity contribution < 1.29 is 79.2 Å². The number of aromatic carboxylic acids is 6. The highest BCUT2D eigenvalue weighted by Gasteiger charge is 2.29. The van der Waals surface area contributed by atoms with Crippen molar-refractivity contribution in [1.29, 1.82) is 5.26 Å². The predicted octanol–water partition coefficient (Wildman–Crippen LogP) is 5.28. The molecule has 0 spiro atoms. The van der Waals surface area contributed by atoms with Gasteiger partial charge >= 0.3 is 35.8 Å². The van der Waals surface area contributed by atoms with Gasteiger partial charge in [0.15, 0.2) is 5.69 Å². The molecular formula is C46H34N10O18. The second-order valence-electron chi connectivity index (χ2n) is 14.8. The van der Waals surface area contributed by atoms with Crippen molar-refractivity contribution >= 4 is 81.9 Å². The van der Waals surface area contributed by atoms with Crippen LogP contribution < -0.4 is 21.8 Å². The number of nitrogens with one attached hydrogen (secondary N) is 2. The SMILES string of the molecule is [C-]#[N+]c1c(CC)c(N=Nc2cc(C(=O)O)ccc2C(=O)O)c(O)n(C(=C)NC(=O)c2cc(C(=O)NCCn3c(O)c(N=Nc4cc(C(=O)O)ccc4C(=O)O)c(CC)c(C#N)c3=O)c(C(=O)O)cc2C(=O)O)c1=O. The predicted molar refractivity (Wildman–Crippen MR) is 249 cm³/mol. The molecule has 0 saturated heterocycles. The highest BCUT2D eigenvalue weighted by molar-refractivity contribution is 6.12. The highest BCUT2D eigenvalue weighted by Crippen LogP contribution is 2.38. The molecular weight excluding hydrogens is 981 g/mol. The van der Waals surface area contributed by atoms with Gasteiger partial charge in [-0.05, 0) is 66.9 Å². The molecule has 5 rings (SSSR count).